The van der Waals surface area contributed by atoms with Crippen LogP contribution in [0.1, 0.15) is 32.6 Å². The molecule has 0 saturated carbocycles. The van der Waals surface area contributed by atoms with E-state index in [4.69, 9.17) is 10.5 Å². The molecule has 21 heavy (non-hydrogen) atoms. The Bertz CT molecular complexity index is 672. The fourth-order valence-corrected chi connectivity index (χ4v) is 2.33. The number of carbonyl (C=O) groups is 1. The van der Waals surface area contributed by atoms with Gasteiger partial charge in [-0.3, -0.25) is 0 Å². The molecule has 0 fully saturated rings. The van der Waals surface area contributed by atoms with Crippen molar-refractivity contribution >= 4 is 11.7 Å². The molecule has 2 aromatic carbocycles. The Labute approximate surface area is 123 Å². The van der Waals surface area contributed by atoms with Crippen LogP contribution < -0.4 is 5.73 Å². The standard InChI is InChI=1S/C17H18FNO2/c1-10-6-11(2)14(12(3)7-10)9-21-17(20)13-4-5-15(18)16(19)8-13/h4-8H,9,19H2,1-3H3. The number of benzene rings is 2. The van der Waals surface area contributed by atoms with Crippen LogP contribution in [0.25, 0.3) is 0 Å². The predicted molar refractivity (Wildman–Crippen MR) is 80.6 cm³/mol. The third-order valence-corrected chi connectivity index (χ3v) is 3.42. The topological polar surface area (TPSA) is 52.3 Å². The van der Waals surface area contributed by atoms with Crippen molar-refractivity contribution in [2.45, 2.75) is 27.4 Å². The van der Waals surface area contributed by atoms with Crippen molar-refractivity contribution in [1.29, 1.82) is 0 Å². The van der Waals surface area contributed by atoms with Crippen molar-refractivity contribution in [2.75, 3.05) is 5.73 Å². The number of aryl methyl sites for hydroxylation is 3. The number of carbonyl (C=O) groups excluding carboxylic acids is 1. The third-order valence-electron chi connectivity index (χ3n) is 3.42. The second kappa shape index (κ2) is 5.95. The fourth-order valence-electron chi connectivity index (χ4n) is 2.33. The van der Waals surface area contributed by atoms with Crippen LogP contribution in [-0.2, 0) is 11.3 Å². The molecule has 0 unspecified atom stereocenters. The molecule has 3 nitrogen and oxygen atoms in total. The molecule has 0 atom stereocenters. The summed E-state index contributed by atoms with van der Waals surface area (Å²) in [5, 5.41) is 0. The number of hydrogen-bond donors (Lipinski definition) is 1. The second-order valence-electron chi connectivity index (χ2n) is 5.19. The summed E-state index contributed by atoms with van der Waals surface area (Å²) in [7, 11) is 0. The van der Waals surface area contributed by atoms with Crippen molar-refractivity contribution in [3.05, 3.63) is 64.0 Å². The summed E-state index contributed by atoms with van der Waals surface area (Å²) < 4.78 is 18.4. The first-order chi connectivity index (χ1) is 9.88. The number of nitrogens with two attached hydrogens (primary N) is 1. The highest BCUT2D eigenvalue weighted by molar-refractivity contribution is 5.90. The Balaban J connectivity index is 2.13. The molecule has 0 aliphatic rings. The molecule has 0 saturated heterocycles. The molecule has 2 N–H and O–H groups in total. The molecule has 2 rings (SSSR count). The van der Waals surface area contributed by atoms with E-state index in [2.05, 4.69) is 0 Å². The number of esters is 1. The lowest BCUT2D eigenvalue weighted by Crippen LogP contribution is -2.08. The summed E-state index contributed by atoms with van der Waals surface area (Å²) in [5.41, 5.74) is 9.96. The molecule has 4 heteroatoms. The number of rotatable bonds is 3. The zero-order valence-corrected chi connectivity index (χ0v) is 12.4. The molecule has 0 bridgehead atoms. The van der Waals surface area contributed by atoms with Gasteiger partial charge in [-0.25, -0.2) is 9.18 Å². The fraction of sp³-hybridized carbons (Fsp3) is 0.235. The van der Waals surface area contributed by atoms with Crippen LogP contribution >= 0.6 is 0 Å². The van der Waals surface area contributed by atoms with Gasteiger partial charge in [-0.05, 0) is 55.7 Å². The zero-order chi connectivity index (χ0) is 15.6. The average molecular weight is 287 g/mol. The van der Waals surface area contributed by atoms with E-state index < -0.39 is 11.8 Å². The monoisotopic (exact) mass is 287 g/mol. The summed E-state index contributed by atoms with van der Waals surface area (Å²) in [5.74, 6) is -1.06. The first kappa shape index (κ1) is 15.0. The van der Waals surface area contributed by atoms with E-state index in [1.165, 1.54) is 17.7 Å². The molecule has 0 heterocycles. The summed E-state index contributed by atoms with van der Waals surface area (Å²) in [6.45, 7) is 6.18. The first-order valence-corrected chi connectivity index (χ1v) is 6.67. The largest absolute Gasteiger partial charge is 0.457 e. The van der Waals surface area contributed by atoms with E-state index in [-0.39, 0.29) is 17.9 Å². The van der Waals surface area contributed by atoms with Gasteiger partial charge >= 0.3 is 5.97 Å². The molecule has 0 amide bonds. The lowest BCUT2D eigenvalue weighted by molar-refractivity contribution is 0.0471. The molecular weight excluding hydrogens is 269 g/mol. The molecule has 0 spiro atoms. The summed E-state index contributed by atoms with van der Waals surface area (Å²) >= 11 is 0. The van der Waals surface area contributed by atoms with Crippen LogP contribution in [0.15, 0.2) is 30.3 Å². The van der Waals surface area contributed by atoms with Crippen LogP contribution in [0.2, 0.25) is 0 Å². The molecule has 110 valence electrons. The first-order valence-electron chi connectivity index (χ1n) is 6.67. The minimum atomic E-state index is -0.545. The van der Waals surface area contributed by atoms with Gasteiger partial charge in [-0.2, -0.15) is 0 Å². The Morgan fingerprint density at radius 2 is 1.76 bits per heavy atom. The lowest BCUT2D eigenvalue weighted by atomic mass is 10.0. The smallest absolute Gasteiger partial charge is 0.338 e. The van der Waals surface area contributed by atoms with Crippen LogP contribution in [-0.4, -0.2) is 5.97 Å². The zero-order valence-electron chi connectivity index (χ0n) is 12.4. The normalized spacial score (nSPS) is 10.5. The predicted octanol–water partition coefficient (Wildman–Crippen LogP) is 3.69. The van der Waals surface area contributed by atoms with Crippen LogP contribution in [0.4, 0.5) is 10.1 Å². The Hall–Kier alpha value is -2.36. The number of hydrogen-bond acceptors (Lipinski definition) is 3. The number of anilines is 1. The summed E-state index contributed by atoms with van der Waals surface area (Å²) in [6, 6.07) is 7.90. The van der Waals surface area contributed by atoms with Crippen LogP contribution in [0, 0.1) is 26.6 Å². The van der Waals surface area contributed by atoms with Gasteiger partial charge in [0.25, 0.3) is 0 Å². The van der Waals surface area contributed by atoms with E-state index in [9.17, 15) is 9.18 Å². The minimum Gasteiger partial charge on any atom is -0.457 e. The van der Waals surface area contributed by atoms with Gasteiger partial charge in [-0.1, -0.05) is 17.7 Å². The number of nitrogen functional groups attached to an aromatic ring is 1. The SMILES string of the molecule is Cc1cc(C)c(COC(=O)c2ccc(F)c(N)c2)c(C)c1. The highest BCUT2D eigenvalue weighted by atomic mass is 19.1. The van der Waals surface area contributed by atoms with Crippen LogP contribution in [0.5, 0.6) is 0 Å². The number of halogens is 1. The van der Waals surface area contributed by atoms with Crippen molar-refractivity contribution in [2.24, 2.45) is 0 Å². The van der Waals surface area contributed by atoms with E-state index in [1.807, 2.05) is 32.9 Å². The molecule has 0 aromatic heterocycles. The van der Waals surface area contributed by atoms with Gasteiger partial charge in [0.2, 0.25) is 0 Å². The maximum Gasteiger partial charge on any atom is 0.338 e. The average Bonchev–Trinajstić information content (AvgIpc) is 2.40. The highest BCUT2D eigenvalue weighted by Crippen LogP contribution is 2.19. The quantitative estimate of drug-likeness (QED) is 0.692. The van der Waals surface area contributed by atoms with Crippen molar-refractivity contribution < 1.29 is 13.9 Å². The lowest BCUT2D eigenvalue weighted by Gasteiger charge is -2.12. The Kier molecular flexibility index (Phi) is 4.26. The van der Waals surface area contributed by atoms with Gasteiger partial charge in [-0.15, -0.1) is 0 Å². The summed E-state index contributed by atoms with van der Waals surface area (Å²) in [6.07, 6.45) is 0. The van der Waals surface area contributed by atoms with Crippen molar-refractivity contribution in [1.82, 2.24) is 0 Å². The van der Waals surface area contributed by atoms with E-state index >= 15 is 0 Å². The Morgan fingerprint density at radius 3 is 2.33 bits per heavy atom. The van der Waals surface area contributed by atoms with Gasteiger partial charge in [0.1, 0.15) is 12.4 Å². The summed E-state index contributed by atoms with van der Waals surface area (Å²) in [4.78, 5) is 12.0. The van der Waals surface area contributed by atoms with E-state index in [0.29, 0.717) is 0 Å². The van der Waals surface area contributed by atoms with Gasteiger partial charge in [0, 0.05) is 0 Å². The number of ether oxygens (including phenoxy) is 1. The molecule has 0 radical (unpaired) electrons. The molecule has 0 aliphatic carbocycles. The van der Waals surface area contributed by atoms with E-state index in [1.54, 1.807) is 0 Å². The van der Waals surface area contributed by atoms with Crippen molar-refractivity contribution in [3.8, 4) is 0 Å². The van der Waals surface area contributed by atoms with Gasteiger partial charge < -0.3 is 10.5 Å². The maximum absolute atomic E-state index is 13.1. The Morgan fingerprint density at radius 1 is 1.14 bits per heavy atom. The highest BCUT2D eigenvalue weighted by Gasteiger charge is 2.12. The molecular formula is C17H18FNO2. The second-order valence-corrected chi connectivity index (χ2v) is 5.19. The van der Waals surface area contributed by atoms with Gasteiger partial charge in [0.15, 0.2) is 0 Å². The van der Waals surface area contributed by atoms with Gasteiger partial charge in [0.05, 0.1) is 11.3 Å². The third kappa shape index (κ3) is 3.40. The van der Waals surface area contributed by atoms with E-state index in [0.717, 1.165) is 22.8 Å². The van der Waals surface area contributed by atoms with Crippen molar-refractivity contribution in [3.63, 3.8) is 0 Å². The molecule has 2 aromatic rings. The maximum atomic E-state index is 13.1. The molecule has 0 aliphatic heterocycles. The minimum absolute atomic E-state index is 0.0628. The van der Waals surface area contributed by atoms with Crippen LogP contribution in [0.3, 0.4) is 0 Å².